The molecule has 22 heavy (non-hydrogen) atoms. The van der Waals surface area contributed by atoms with Gasteiger partial charge in [0.1, 0.15) is 5.69 Å². The van der Waals surface area contributed by atoms with Crippen LogP contribution in [0.1, 0.15) is 82.4 Å². The SMILES string of the molecule is CCCCCCC(CCCC)c1cc(C(F)(F)F)ncc1Cl. The zero-order chi connectivity index (χ0) is 16.6. The third kappa shape index (κ3) is 6.15. The fourth-order valence-corrected chi connectivity index (χ4v) is 2.90. The minimum absolute atomic E-state index is 0.0911. The number of halogens is 4. The number of hydrogen-bond donors (Lipinski definition) is 0. The van der Waals surface area contributed by atoms with E-state index >= 15 is 0 Å². The van der Waals surface area contributed by atoms with Gasteiger partial charge in [-0.05, 0) is 30.4 Å². The second-order valence-electron chi connectivity index (χ2n) is 5.78. The van der Waals surface area contributed by atoms with Crippen molar-refractivity contribution in [3.63, 3.8) is 0 Å². The highest BCUT2D eigenvalue weighted by Crippen LogP contribution is 2.36. The molecule has 1 rings (SSSR count). The Labute approximate surface area is 136 Å². The number of aromatic nitrogens is 1. The van der Waals surface area contributed by atoms with E-state index in [-0.39, 0.29) is 5.92 Å². The molecule has 0 N–H and O–H groups in total. The minimum atomic E-state index is -4.42. The summed E-state index contributed by atoms with van der Waals surface area (Å²) in [7, 11) is 0. The van der Waals surface area contributed by atoms with Crippen LogP contribution < -0.4 is 0 Å². The third-order valence-corrected chi connectivity index (χ3v) is 4.24. The summed E-state index contributed by atoms with van der Waals surface area (Å²) in [5.74, 6) is 0.0911. The van der Waals surface area contributed by atoms with Gasteiger partial charge < -0.3 is 0 Å². The number of nitrogens with zero attached hydrogens (tertiary/aromatic N) is 1. The molecule has 0 aromatic carbocycles. The van der Waals surface area contributed by atoms with Crippen LogP contribution in [0.15, 0.2) is 12.3 Å². The Morgan fingerprint density at radius 1 is 1.05 bits per heavy atom. The molecule has 5 heteroatoms. The molecular formula is C17H25ClF3N. The Balaban J connectivity index is 2.91. The maximum Gasteiger partial charge on any atom is 0.433 e. The quantitative estimate of drug-likeness (QED) is 0.443. The summed E-state index contributed by atoms with van der Waals surface area (Å²) >= 11 is 6.13. The van der Waals surface area contributed by atoms with Gasteiger partial charge in [-0.2, -0.15) is 13.2 Å². The maximum atomic E-state index is 12.9. The van der Waals surface area contributed by atoms with E-state index in [1.54, 1.807) is 0 Å². The molecule has 0 bridgehead atoms. The predicted molar refractivity (Wildman–Crippen MR) is 85.3 cm³/mol. The van der Waals surface area contributed by atoms with E-state index in [0.717, 1.165) is 57.2 Å². The zero-order valence-electron chi connectivity index (χ0n) is 13.3. The third-order valence-electron chi connectivity index (χ3n) is 3.93. The first-order chi connectivity index (χ1) is 10.4. The van der Waals surface area contributed by atoms with Gasteiger partial charge in [-0.25, -0.2) is 0 Å². The first-order valence-electron chi connectivity index (χ1n) is 8.12. The first kappa shape index (κ1) is 19.3. The highest BCUT2D eigenvalue weighted by atomic mass is 35.5. The fourth-order valence-electron chi connectivity index (χ4n) is 2.65. The van der Waals surface area contributed by atoms with E-state index in [1.165, 1.54) is 6.42 Å². The Kier molecular flexibility index (Phi) is 8.23. The van der Waals surface area contributed by atoms with Crippen molar-refractivity contribution in [2.75, 3.05) is 0 Å². The molecule has 1 heterocycles. The van der Waals surface area contributed by atoms with Gasteiger partial charge in [0.2, 0.25) is 0 Å². The molecule has 0 aliphatic rings. The summed E-state index contributed by atoms with van der Waals surface area (Å²) in [5.41, 5.74) is -0.240. The van der Waals surface area contributed by atoms with Crippen LogP contribution in [-0.2, 0) is 6.18 Å². The van der Waals surface area contributed by atoms with Crippen LogP contribution in [0.2, 0.25) is 5.02 Å². The normalized spacial score (nSPS) is 13.4. The van der Waals surface area contributed by atoms with Crippen LogP contribution in [0.5, 0.6) is 0 Å². The number of alkyl halides is 3. The summed E-state index contributed by atoms with van der Waals surface area (Å²) in [6.07, 6.45) is 4.98. The molecule has 0 aliphatic carbocycles. The van der Waals surface area contributed by atoms with E-state index in [4.69, 9.17) is 11.6 Å². The van der Waals surface area contributed by atoms with Crippen LogP contribution in [0.3, 0.4) is 0 Å². The summed E-state index contributed by atoms with van der Waals surface area (Å²) in [6, 6.07) is 1.14. The summed E-state index contributed by atoms with van der Waals surface area (Å²) < 4.78 is 38.6. The van der Waals surface area contributed by atoms with E-state index in [1.807, 2.05) is 0 Å². The number of pyridine rings is 1. The Morgan fingerprint density at radius 2 is 1.68 bits per heavy atom. The minimum Gasteiger partial charge on any atom is -0.250 e. The maximum absolute atomic E-state index is 12.9. The monoisotopic (exact) mass is 335 g/mol. The molecule has 0 aliphatic heterocycles. The second kappa shape index (κ2) is 9.39. The molecule has 0 spiro atoms. The lowest BCUT2D eigenvalue weighted by Gasteiger charge is -2.19. The molecule has 0 saturated carbocycles. The highest BCUT2D eigenvalue weighted by Gasteiger charge is 2.33. The molecule has 0 radical (unpaired) electrons. The second-order valence-corrected chi connectivity index (χ2v) is 6.18. The van der Waals surface area contributed by atoms with Gasteiger partial charge in [-0.15, -0.1) is 0 Å². The van der Waals surface area contributed by atoms with Crippen molar-refractivity contribution in [1.82, 2.24) is 4.98 Å². The molecule has 126 valence electrons. The smallest absolute Gasteiger partial charge is 0.250 e. The number of unbranched alkanes of at least 4 members (excludes halogenated alkanes) is 4. The summed E-state index contributed by atoms with van der Waals surface area (Å²) in [6.45, 7) is 4.23. The van der Waals surface area contributed by atoms with Crippen LogP contribution in [0, 0.1) is 0 Å². The lowest BCUT2D eigenvalue weighted by molar-refractivity contribution is -0.141. The standard InChI is InChI=1S/C17H25ClF3N/c1-3-5-7-8-10-13(9-6-4-2)14-11-16(17(19,20)21)22-12-15(14)18/h11-13H,3-10H2,1-2H3. The molecule has 0 saturated heterocycles. The van der Waals surface area contributed by atoms with Gasteiger partial charge in [0.25, 0.3) is 0 Å². The van der Waals surface area contributed by atoms with Crippen molar-refractivity contribution in [1.29, 1.82) is 0 Å². The van der Waals surface area contributed by atoms with Crippen LogP contribution in [0.4, 0.5) is 13.2 Å². The molecular weight excluding hydrogens is 311 g/mol. The van der Waals surface area contributed by atoms with E-state index in [2.05, 4.69) is 18.8 Å². The fraction of sp³-hybridized carbons (Fsp3) is 0.706. The molecule has 1 aromatic rings. The summed E-state index contributed by atoms with van der Waals surface area (Å²) in [4.78, 5) is 3.43. The van der Waals surface area contributed by atoms with Gasteiger partial charge in [-0.1, -0.05) is 64.0 Å². The Hall–Kier alpha value is -0.770. The van der Waals surface area contributed by atoms with E-state index in [9.17, 15) is 13.2 Å². The van der Waals surface area contributed by atoms with E-state index < -0.39 is 11.9 Å². The van der Waals surface area contributed by atoms with Crippen molar-refractivity contribution in [3.05, 3.63) is 28.5 Å². The van der Waals surface area contributed by atoms with Gasteiger partial charge >= 0.3 is 6.18 Å². The molecule has 0 amide bonds. The Morgan fingerprint density at radius 3 is 2.27 bits per heavy atom. The molecule has 1 atom stereocenters. The molecule has 1 unspecified atom stereocenters. The number of rotatable bonds is 9. The van der Waals surface area contributed by atoms with Gasteiger partial charge in [0.05, 0.1) is 5.02 Å². The van der Waals surface area contributed by atoms with Crippen LogP contribution in [-0.4, -0.2) is 4.98 Å². The number of hydrogen-bond acceptors (Lipinski definition) is 1. The molecule has 0 fully saturated rings. The summed E-state index contributed by atoms with van der Waals surface area (Å²) in [5, 5.41) is 0.351. The Bertz CT molecular complexity index is 446. The highest BCUT2D eigenvalue weighted by molar-refractivity contribution is 6.31. The molecule has 1 nitrogen and oxygen atoms in total. The predicted octanol–water partition coefficient (Wildman–Crippen LogP) is 7.00. The van der Waals surface area contributed by atoms with Crippen molar-refractivity contribution in [2.24, 2.45) is 0 Å². The van der Waals surface area contributed by atoms with Gasteiger partial charge in [-0.3, -0.25) is 4.98 Å². The van der Waals surface area contributed by atoms with Crippen LogP contribution >= 0.6 is 11.6 Å². The average molecular weight is 336 g/mol. The van der Waals surface area contributed by atoms with E-state index in [0.29, 0.717) is 10.6 Å². The van der Waals surface area contributed by atoms with Crippen LogP contribution in [0.25, 0.3) is 0 Å². The zero-order valence-corrected chi connectivity index (χ0v) is 14.1. The average Bonchev–Trinajstić information content (AvgIpc) is 2.46. The lowest BCUT2D eigenvalue weighted by atomic mass is 9.88. The molecule has 1 aromatic heterocycles. The van der Waals surface area contributed by atoms with Crippen molar-refractivity contribution in [2.45, 2.75) is 77.3 Å². The first-order valence-corrected chi connectivity index (χ1v) is 8.50. The lowest BCUT2D eigenvalue weighted by Crippen LogP contribution is -2.10. The van der Waals surface area contributed by atoms with Gasteiger partial charge in [0, 0.05) is 6.20 Å². The largest absolute Gasteiger partial charge is 0.433 e. The van der Waals surface area contributed by atoms with Crippen molar-refractivity contribution >= 4 is 11.6 Å². The topological polar surface area (TPSA) is 12.9 Å². The van der Waals surface area contributed by atoms with Gasteiger partial charge in [0.15, 0.2) is 0 Å². The van der Waals surface area contributed by atoms with Crippen molar-refractivity contribution < 1.29 is 13.2 Å². The van der Waals surface area contributed by atoms with Crippen molar-refractivity contribution in [3.8, 4) is 0 Å².